The minimum Gasteiger partial charge on any atom is -0.490 e. The van der Waals surface area contributed by atoms with Crippen molar-refractivity contribution in [2.24, 2.45) is 0 Å². The van der Waals surface area contributed by atoms with Crippen molar-refractivity contribution in [2.75, 3.05) is 18.5 Å². The first kappa shape index (κ1) is 14.3. The van der Waals surface area contributed by atoms with E-state index in [1.807, 2.05) is 19.1 Å². The van der Waals surface area contributed by atoms with Gasteiger partial charge in [-0.25, -0.2) is 0 Å². The van der Waals surface area contributed by atoms with E-state index in [1.165, 1.54) is 6.08 Å². The smallest absolute Gasteiger partial charge is 0.248 e. The van der Waals surface area contributed by atoms with Gasteiger partial charge >= 0.3 is 0 Å². The van der Waals surface area contributed by atoms with E-state index < -0.39 is 0 Å². The maximum atomic E-state index is 11.9. The summed E-state index contributed by atoms with van der Waals surface area (Å²) >= 11 is 0. The Morgan fingerprint density at radius 3 is 2.73 bits per heavy atom. The van der Waals surface area contributed by atoms with Crippen LogP contribution in [-0.4, -0.2) is 19.1 Å². The van der Waals surface area contributed by atoms with Crippen LogP contribution in [0.1, 0.15) is 17.9 Å². The standard InChI is InChI=1S/C17H17NO4/c1-12-3-5-14(22-12)6-8-17(19)18-13-4-7-15-16(11-13)21-10-2-9-20-15/h3-8,11H,2,9-10H2,1H3,(H,18,19). The van der Waals surface area contributed by atoms with Gasteiger partial charge in [0.1, 0.15) is 11.5 Å². The zero-order valence-electron chi connectivity index (χ0n) is 12.3. The maximum absolute atomic E-state index is 11.9. The van der Waals surface area contributed by atoms with Crippen LogP contribution in [-0.2, 0) is 4.79 Å². The molecule has 1 aromatic carbocycles. The average Bonchev–Trinajstić information content (AvgIpc) is 2.78. The summed E-state index contributed by atoms with van der Waals surface area (Å²) in [6, 6.07) is 9.02. The summed E-state index contributed by atoms with van der Waals surface area (Å²) in [6.07, 6.45) is 3.91. The highest BCUT2D eigenvalue weighted by molar-refractivity contribution is 6.01. The molecule has 0 aliphatic carbocycles. The van der Waals surface area contributed by atoms with Gasteiger partial charge in [-0.2, -0.15) is 0 Å². The predicted octanol–water partition coefficient (Wildman–Crippen LogP) is 3.40. The van der Waals surface area contributed by atoms with Gasteiger partial charge in [-0.1, -0.05) is 0 Å². The van der Waals surface area contributed by atoms with Crippen LogP contribution in [0.15, 0.2) is 40.8 Å². The third-order valence-corrected chi connectivity index (χ3v) is 3.18. The Kier molecular flexibility index (Phi) is 4.14. The number of aryl methyl sites for hydroxylation is 1. The summed E-state index contributed by atoms with van der Waals surface area (Å²) in [7, 11) is 0. The number of anilines is 1. The van der Waals surface area contributed by atoms with Gasteiger partial charge in [0.25, 0.3) is 0 Å². The number of fused-ring (bicyclic) bond motifs is 1. The lowest BCUT2D eigenvalue weighted by molar-refractivity contribution is -0.111. The van der Waals surface area contributed by atoms with Crippen molar-refractivity contribution in [2.45, 2.75) is 13.3 Å². The van der Waals surface area contributed by atoms with Gasteiger partial charge in [-0.3, -0.25) is 4.79 Å². The second kappa shape index (κ2) is 6.39. The van der Waals surface area contributed by atoms with Gasteiger partial charge in [-0.05, 0) is 37.3 Å². The van der Waals surface area contributed by atoms with Crippen LogP contribution in [0.2, 0.25) is 0 Å². The topological polar surface area (TPSA) is 60.7 Å². The summed E-state index contributed by atoms with van der Waals surface area (Å²) in [6.45, 7) is 3.11. The van der Waals surface area contributed by atoms with Gasteiger partial charge in [0, 0.05) is 24.3 Å². The molecule has 5 heteroatoms. The van der Waals surface area contributed by atoms with E-state index in [2.05, 4.69) is 5.32 Å². The molecule has 3 rings (SSSR count). The van der Waals surface area contributed by atoms with Crippen molar-refractivity contribution in [3.8, 4) is 11.5 Å². The highest BCUT2D eigenvalue weighted by Gasteiger charge is 2.11. The van der Waals surface area contributed by atoms with Gasteiger partial charge in [-0.15, -0.1) is 0 Å². The number of amides is 1. The van der Waals surface area contributed by atoms with Crippen molar-refractivity contribution in [3.05, 3.63) is 47.9 Å². The molecule has 1 aliphatic heterocycles. The van der Waals surface area contributed by atoms with Crippen LogP contribution in [0.3, 0.4) is 0 Å². The van der Waals surface area contributed by atoms with Crippen LogP contribution in [0, 0.1) is 6.92 Å². The molecule has 0 atom stereocenters. The van der Waals surface area contributed by atoms with E-state index >= 15 is 0 Å². The van der Waals surface area contributed by atoms with Crippen molar-refractivity contribution in [3.63, 3.8) is 0 Å². The summed E-state index contributed by atoms with van der Waals surface area (Å²) < 4.78 is 16.5. The molecule has 1 aliphatic rings. The Bertz CT molecular complexity index is 702. The van der Waals surface area contributed by atoms with E-state index in [9.17, 15) is 4.79 Å². The van der Waals surface area contributed by atoms with Crippen LogP contribution >= 0.6 is 0 Å². The number of furan rings is 1. The molecular formula is C17H17NO4. The number of ether oxygens (including phenoxy) is 2. The SMILES string of the molecule is Cc1ccc(C=CC(=O)Nc2ccc3c(c2)OCCCO3)o1. The Morgan fingerprint density at radius 2 is 1.95 bits per heavy atom. The summed E-state index contributed by atoms with van der Waals surface area (Å²) in [5.74, 6) is 2.58. The van der Waals surface area contributed by atoms with E-state index in [-0.39, 0.29) is 5.91 Å². The third-order valence-electron chi connectivity index (χ3n) is 3.18. The van der Waals surface area contributed by atoms with E-state index in [4.69, 9.17) is 13.9 Å². The molecule has 1 N–H and O–H groups in total. The second-order valence-electron chi connectivity index (χ2n) is 4.98. The maximum Gasteiger partial charge on any atom is 0.248 e. The van der Waals surface area contributed by atoms with Crippen molar-refractivity contribution < 1.29 is 18.7 Å². The molecule has 114 valence electrons. The fourth-order valence-corrected chi connectivity index (χ4v) is 2.13. The number of hydrogen-bond donors (Lipinski definition) is 1. The molecule has 0 unspecified atom stereocenters. The van der Waals surface area contributed by atoms with Crippen LogP contribution in [0.5, 0.6) is 11.5 Å². The number of carbonyl (C=O) groups excluding carboxylic acids is 1. The van der Waals surface area contributed by atoms with E-state index in [1.54, 1.807) is 24.3 Å². The molecule has 1 amide bonds. The Balaban J connectivity index is 1.66. The first-order valence-electron chi connectivity index (χ1n) is 7.16. The van der Waals surface area contributed by atoms with E-state index in [0.29, 0.717) is 36.2 Å². The van der Waals surface area contributed by atoms with Crippen LogP contribution in [0.25, 0.3) is 6.08 Å². The lowest BCUT2D eigenvalue weighted by Crippen LogP contribution is -2.07. The van der Waals surface area contributed by atoms with E-state index in [0.717, 1.165) is 12.2 Å². The fraction of sp³-hybridized carbons (Fsp3) is 0.235. The molecule has 2 heterocycles. The number of nitrogens with one attached hydrogen (secondary N) is 1. The number of carbonyl (C=O) groups is 1. The first-order valence-corrected chi connectivity index (χ1v) is 7.16. The summed E-state index contributed by atoms with van der Waals surface area (Å²) in [4.78, 5) is 11.9. The molecule has 2 aromatic rings. The molecule has 0 spiro atoms. The lowest BCUT2D eigenvalue weighted by Gasteiger charge is -2.09. The molecule has 0 saturated carbocycles. The Morgan fingerprint density at radius 1 is 1.14 bits per heavy atom. The molecule has 0 bridgehead atoms. The highest BCUT2D eigenvalue weighted by Crippen LogP contribution is 2.32. The van der Waals surface area contributed by atoms with Crippen molar-refractivity contribution in [1.29, 1.82) is 0 Å². The molecule has 22 heavy (non-hydrogen) atoms. The molecule has 0 fully saturated rings. The monoisotopic (exact) mass is 299 g/mol. The second-order valence-corrected chi connectivity index (χ2v) is 4.98. The minimum atomic E-state index is -0.233. The number of benzene rings is 1. The average molecular weight is 299 g/mol. The zero-order chi connectivity index (χ0) is 15.4. The quantitative estimate of drug-likeness (QED) is 0.882. The summed E-state index contributed by atoms with van der Waals surface area (Å²) in [5, 5.41) is 2.79. The number of hydrogen-bond acceptors (Lipinski definition) is 4. The highest BCUT2D eigenvalue weighted by atomic mass is 16.5. The largest absolute Gasteiger partial charge is 0.490 e. The van der Waals surface area contributed by atoms with Gasteiger partial charge in [0.15, 0.2) is 11.5 Å². The molecule has 1 aromatic heterocycles. The predicted molar refractivity (Wildman–Crippen MR) is 83.2 cm³/mol. The lowest BCUT2D eigenvalue weighted by atomic mass is 10.2. The van der Waals surface area contributed by atoms with Gasteiger partial charge in [0.2, 0.25) is 5.91 Å². The summed E-state index contributed by atoms with van der Waals surface area (Å²) in [5.41, 5.74) is 0.662. The van der Waals surface area contributed by atoms with Crippen LogP contribution < -0.4 is 14.8 Å². The fourth-order valence-electron chi connectivity index (χ4n) is 2.13. The molecular weight excluding hydrogens is 282 g/mol. The molecule has 0 saturated heterocycles. The normalized spacial score (nSPS) is 13.9. The Labute approximate surface area is 128 Å². The van der Waals surface area contributed by atoms with Crippen LogP contribution in [0.4, 0.5) is 5.69 Å². The molecule has 5 nitrogen and oxygen atoms in total. The van der Waals surface area contributed by atoms with Crippen molar-refractivity contribution >= 4 is 17.7 Å². The van der Waals surface area contributed by atoms with Gasteiger partial charge in [0.05, 0.1) is 13.2 Å². The number of rotatable bonds is 3. The molecule has 0 radical (unpaired) electrons. The first-order chi connectivity index (χ1) is 10.7. The zero-order valence-corrected chi connectivity index (χ0v) is 12.3. The van der Waals surface area contributed by atoms with Crippen molar-refractivity contribution in [1.82, 2.24) is 0 Å². The minimum absolute atomic E-state index is 0.233. The van der Waals surface area contributed by atoms with Gasteiger partial charge < -0.3 is 19.2 Å². The Hall–Kier alpha value is -2.69. The third kappa shape index (κ3) is 3.49.